The molecule has 28 heavy (non-hydrogen) atoms. The lowest BCUT2D eigenvalue weighted by atomic mass is 9.90. The first-order valence-electron chi connectivity index (χ1n) is 9.38. The summed E-state index contributed by atoms with van der Waals surface area (Å²) < 4.78 is 24.1. The molecule has 0 atom stereocenters. The SMILES string of the molecule is CN(C(=O)COc1ccc(Cl)c(F)c1)C1CCC(NC(=O)OC(C)(C)C)CC1. The van der Waals surface area contributed by atoms with Crippen LogP contribution in [0.15, 0.2) is 18.2 Å². The Hall–Kier alpha value is -2.02. The van der Waals surface area contributed by atoms with E-state index < -0.39 is 17.5 Å². The molecule has 1 fully saturated rings. The molecule has 1 aromatic rings. The number of hydrogen-bond donors (Lipinski definition) is 1. The first-order valence-corrected chi connectivity index (χ1v) is 9.76. The summed E-state index contributed by atoms with van der Waals surface area (Å²) in [5, 5.41) is 2.89. The van der Waals surface area contributed by atoms with Gasteiger partial charge in [-0.25, -0.2) is 9.18 Å². The van der Waals surface area contributed by atoms with E-state index in [1.807, 2.05) is 20.8 Å². The third-order valence-corrected chi connectivity index (χ3v) is 4.92. The van der Waals surface area contributed by atoms with Gasteiger partial charge < -0.3 is 19.7 Å². The fourth-order valence-electron chi connectivity index (χ4n) is 3.10. The number of nitrogens with zero attached hydrogens (tertiary/aromatic N) is 1. The second kappa shape index (κ2) is 9.45. The Morgan fingerprint density at radius 2 is 1.89 bits per heavy atom. The van der Waals surface area contributed by atoms with E-state index in [9.17, 15) is 14.0 Å². The largest absolute Gasteiger partial charge is 0.484 e. The molecule has 1 aliphatic carbocycles. The summed E-state index contributed by atoms with van der Waals surface area (Å²) in [5.41, 5.74) is -0.527. The van der Waals surface area contributed by atoms with E-state index in [0.717, 1.165) is 31.7 Å². The Morgan fingerprint density at radius 3 is 2.46 bits per heavy atom. The molecule has 0 heterocycles. The van der Waals surface area contributed by atoms with Gasteiger partial charge >= 0.3 is 6.09 Å². The van der Waals surface area contributed by atoms with Crippen LogP contribution in [0, 0.1) is 5.82 Å². The third-order valence-electron chi connectivity index (χ3n) is 4.61. The number of nitrogens with one attached hydrogen (secondary N) is 1. The highest BCUT2D eigenvalue weighted by Crippen LogP contribution is 2.24. The zero-order chi connectivity index (χ0) is 20.9. The van der Waals surface area contributed by atoms with Crippen molar-refractivity contribution in [3.8, 4) is 5.75 Å². The van der Waals surface area contributed by atoms with Gasteiger partial charge in [0.25, 0.3) is 5.91 Å². The van der Waals surface area contributed by atoms with Gasteiger partial charge in [0.1, 0.15) is 17.2 Å². The zero-order valence-corrected chi connectivity index (χ0v) is 17.5. The Balaban J connectivity index is 1.76. The summed E-state index contributed by atoms with van der Waals surface area (Å²) in [4.78, 5) is 25.9. The molecule has 2 amide bonds. The lowest BCUT2D eigenvalue weighted by Gasteiger charge is -2.35. The van der Waals surface area contributed by atoms with Gasteiger partial charge in [0.2, 0.25) is 0 Å². The quantitative estimate of drug-likeness (QED) is 0.785. The van der Waals surface area contributed by atoms with Crippen LogP contribution < -0.4 is 10.1 Å². The minimum Gasteiger partial charge on any atom is -0.484 e. The molecule has 0 unspecified atom stereocenters. The van der Waals surface area contributed by atoms with Gasteiger partial charge in [0.05, 0.1) is 5.02 Å². The summed E-state index contributed by atoms with van der Waals surface area (Å²) >= 11 is 5.63. The molecule has 1 aliphatic rings. The number of likely N-dealkylation sites (N-methyl/N-ethyl adjacent to an activating group) is 1. The molecule has 2 rings (SSSR count). The minimum absolute atomic E-state index is 0.00699. The average molecular weight is 415 g/mol. The maximum absolute atomic E-state index is 13.4. The summed E-state index contributed by atoms with van der Waals surface area (Å²) in [7, 11) is 1.74. The third kappa shape index (κ3) is 6.86. The van der Waals surface area contributed by atoms with Gasteiger partial charge in [0.15, 0.2) is 6.61 Å². The highest BCUT2D eigenvalue weighted by atomic mass is 35.5. The molecule has 1 saturated carbocycles. The average Bonchev–Trinajstić information content (AvgIpc) is 2.61. The Kier molecular flexibility index (Phi) is 7.52. The smallest absolute Gasteiger partial charge is 0.407 e. The van der Waals surface area contributed by atoms with E-state index in [0.29, 0.717) is 0 Å². The predicted octanol–water partition coefficient (Wildman–Crippen LogP) is 4.15. The number of carbonyl (C=O) groups is 2. The van der Waals surface area contributed by atoms with Crippen molar-refractivity contribution >= 4 is 23.6 Å². The van der Waals surface area contributed by atoms with Crippen molar-refractivity contribution in [3.63, 3.8) is 0 Å². The molecule has 156 valence electrons. The number of amides is 2. The fraction of sp³-hybridized carbons (Fsp3) is 0.600. The van der Waals surface area contributed by atoms with E-state index in [-0.39, 0.29) is 35.4 Å². The Bertz CT molecular complexity index is 700. The van der Waals surface area contributed by atoms with Crippen molar-refractivity contribution < 1.29 is 23.5 Å². The molecule has 0 saturated heterocycles. The van der Waals surface area contributed by atoms with Crippen LogP contribution in [0.1, 0.15) is 46.5 Å². The molecular weight excluding hydrogens is 387 g/mol. The van der Waals surface area contributed by atoms with Crippen molar-refractivity contribution in [2.45, 2.75) is 64.1 Å². The molecule has 0 aliphatic heterocycles. The number of ether oxygens (including phenoxy) is 2. The maximum Gasteiger partial charge on any atom is 0.407 e. The van der Waals surface area contributed by atoms with Crippen molar-refractivity contribution in [2.75, 3.05) is 13.7 Å². The van der Waals surface area contributed by atoms with Crippen molar-refractivity contribution in [1.82, 2.24) is 10.2 Å². The second-order valence-electron chi connectivity index (χ2n) is 8.02. The number of alkyl carbamates (subject to hydrolysis) is 1. The number of benzene rings is 1. The van der Waals surface area contributed by atoms with Crippen LogP contribution in [0.25, 0.3) is 0 Å². The lowest BCUT2D eigenvalue weighted by Crippen LogP contribution is -2.46. The molecule has 1 N–H and O–H groups in total. The van der Waals surface area contributed by atoms with Crippen molar-refractivity contribution in [2.24, 2.45) is 0 Å². The van der Waals surface area contributed by atoms with Gasteiger partial charge in [-0.2, -0.15) is 0 Å². The number of hydrogen-bond acceptors (Lipinski definition) is 4. The van der Waals surface area contributed by atoms with Crippen LogP contribution >= 0.6 is 11.6 Å². The normalized spacial score (nSPS) is 19.6. The van der Waals surface area contributed by atoms with Crippen molar-refractivity contribution in [3.05, 3.63) is 29.0 Å². The molecule has 0 aromatic heterocycles. The van der Waals surface area contributed by atoms with Crippen LogP contribution in [0.3, 0.4) is 0 Å². The van der Waals surface area contributed by atoms with Gasteiger partial charge in [-0.05, 0) is 58.6 Å². The van der Waals surface area contributed by atoms with E-state index >= 15 is 0 Å². The molecule has 8 heteroatoms. The first-order chi connectivity index (χ1) is 13.0. The second-order valence-corrected chi connectivity index (χ2v) is 8.43. The zero-order valence-electron chi connectivity index (χ0n) is 16.8. The standard InChI is InChI=1S/C20H28ClFN2O4/c1-20(2,3)28-19(26)23-13-5-7-14(8-6-13)24(4)18(25)12-27-15-9-10-16(21)17(22)11-15/h9-11,13-14H,5-8,12H2,1-4H3,(H,23,26). The van der Waals surface area contributed by atoms with Gasteiger partial charge in [-0.1, -0.05) is 11.6 Å². The van der Waals surface area contributed by atoms with Crippen LogP contribution in [0.5, 0.6) is 5.75 Å². The van der Waals surface area contributed by atoms with Crippen LogP contribution in [-0.4, -0.2) is 48.2 Å². The number of halogens is 2. The van der Waals surface area contributed by atoms with Gasteiger partial charge in [-0.3, -0.25) is 4.79 Å². The Labute approximate surface area is 170 Å². The molecule has 0 spiro atoms. The molecule has 1 aromatic carbocycles. The summed E-state index contributed by atoms with van der Waals surface area (Å²) in [6.45, 7) is 5.30. The van der Waals surface area contributed by atoms with Gasteiger partial charge in [-0.15, -0.1) is 0 Å². The summed E-state index contributed by atoms with van der Waals surface area (Å²) in [5.74, 6) is -0.511. The van der Waals surface area contributed by atoms with Crippen LogP contribution in [-0.2, 0) is 9.53 Å². The van der Waals surface area contributed by atoms with Crippen LogP contribution in [0.2, 0.25) is 5.02 Å². The predicted molar refractivity (Wildman–Crippen MR) is 105 cm³/mol. The first kappa shape index (κ1) is 22.3. The maximum atomic E-state index is 13.4. The minimum atomic E-state index is -0.587. The molecule has 0 bridgehead atoms. The van der Waals surface area contributed by atoms with Crippen LogP contribution in [0.4, 0.5) is 9.18 Å². The summed E-state index contributed by atoms with van der Waals surface area (Å²) in [6.07, 6.45) is 2.68. The Morgan fingerprint density at radius 1 is 1.25 bits per heavy atom. The number of carbonyl (C=O) groups excluding carboxylic acids is 2. The van der Waals surface area contributed by atoms with E-state index in [2.05, 4.69) is 5.32 Å². The summed E-state index contributed by atoms with van der Waals surface area (Å²) in [6, 6.07) is 4.19. The highest BCUT2D eigenvalue weighted by molar-refractivity contribution is 6.30. The highest BCUT2D eigenvalue weighted by Gasteiger charge is 2.28. The molecular formula is C20H28ClFN2O4. The topological polar surface area (TPSA) is 67.9 Å². The van der Waals surface area contributed by atoms with E-state index in [4.69, 9.17) is 21.1 Å². The van der Waals surface area contributed by atoms with E-state index in [1.165, 1.54) is 12.1 Å². The van der Waals surface area contributed by atoms with E-state index in [1.54, 1.807) is 11.9 Å². The van der Waals surface area contributed by atoms with Crippen molar-refractivity contribution in [1.29, 1.82) is 0 Å². The fourth-order valence-corrected chi connectivity index (χ4v) is 3.22. The number of rotatable bonds is 5. The van der Waals surface area contributed by atoms with Gasteiger partial charge in [0, 0.05) is 25.2 Å². The monoisotopic (exact) mass is 414 g/mol. The molecule has 0 radical (unpaired) electrons. The molecule has 6 nitrogen and oxygen atoms in total. The lowest BCUT2D eigenvalue weighted by molar-refractivity contribution is -0.134.